The molecular weight excluding hydrogens is 311 g/mol. The molecule has 0 aliphatic heterocycles. The van der Waals surface area contributed by atoms with E-state index in [4.69, 9.17) is 9.47 Å². The predicted octanol–water partition coefficient (Wildman–Crippen LogP) is 2.96. The molecule has 0 aliphatic carbocycles. The normalized spacial score (nSPS) is 10.1. The van der Waals surface area contributed by atoms with Crippen LogP contribution in [0.15, 0.2) is 42.5 Å². The van der Waals surface area contributed by atoms with Crippen LogP contribution in [0.1, 0.15) is 12.0 Å². The van der Waals surface area contributed by atoms with Crippen LogP contribution in [0.25, 0.3) is 0 Å². The van der Waals surface area contributed by atoms with E-state index in [2.05, 4.69) is 10.6 Å². The molecule has 0 radical (unpaired) electrons. The number of rotatable bonds is 8. The summed E-state index contributed by atoms with van der Waals surface area (Å²) in [6, 6.07) is 11.5. The largest absolute Gasteiger partial charge is 0.493 e. The van der Waals surface area contributed by atoms with Crippen molar-refractivity contribution in [1.82, 2.24) is 5.32 Å². The zero-order valence-corrected chi connectivity index (χ0v) is 13.8. The first-order valence-electron chi connectivity index (χ1n) is 7.59. The number of benzene rings is 2. The van der Waals surface area contributed by atoms with Gasteiger partial charge in [-0.05, 0) is 42.0 Å². The summed E-state index contributed by atoms with van der Waals surface area (Å²) in [5.74, 6) is 0.922. The first-order chi connectivity index (χ1) is 11.6. The Bertz CT molecular complexity index is 674. The van der Waals surface area contributed by atoms with E-state index in [1.54, 1.807) is 32.4 Å². The van der Waals surface area contributed by atoms with E-state index in [9.17, 15) is 9.18 Å². The molecule has 2 aromatic carbocycles. The van der Waals surface area contributed by atoms with E-state index < -0.39 is 0 Å². The van der Waals surface area contributed by atoms with Crippen LogP contribution in [-0.2, 0) is 11.3 Å². The summed E-state index contributed by atoms with van der Waals surface area (Å²) in [6.45, 7) is 0.888. The van der Waals surface area contributed by atoms with Crippen molar-refractivity contribution in [2.75, 3.05) is 26.1 Å². The maximum Gasteiger partial charge on any atom is 0.222 e. The molecule has 5 nitrogen and oxygen atoms in total. The number of amides is 1. The van der Waals surface area contributed by atoms with Crippen LogP contribution < -0.4 is 20.1 Å². The molecule has 0 saturated heterocycles. The number of carbonyl (C=O) groups is 1. The zero-order chi connectivity index (χ0) is 17.4. The first kappa shape index (κ1) is 17.6. The second kappa shape index (κ2) is 8.76. The molecule has 1 amide bonds. The molecule has 0 atom stereocenters. The van der Waals surface area contributed by atoms with E-state index >= 15 is 0 Å². The molecule has 2 rings (SSSR count). The summed E-state index contributed by atoms with van der Waals surface area (Å²) in [6.07, 6.45) is 0.324. The molecule has 0 unspecified atom stereocenters. The SMILES string of the molecule is COc1ccc(CNC(=O)CCNc2ccc(F)cc2)cc1OC. The minimum atomic E-state index is -0.284. The third kappa shape index (κ3) is 5.15. The summed E-state index contributed by atoms with van der Waals surface area (Å²) in [5.41, 5.74) is 1.71. The molecule has 0 heterocycles. The highest BCUT2D eigenvalue weighted by Gasteiger charge is 2.06. The number of methoxy groups -OCH3 is 2. The third-order valence-corrected chi connectivity index (χ3v) is 3.46. The van der Waals surface area contributed by atoms with Gasteiger partial charge < -0.3 is 20.1 Å². The molecule has 0 aromatic heterocycles. The van der Waals surface area contributed by atoms with Crippen LogP contribution in [0.5, 0.6) is 11.5 Å². The number of ether oxygens (including phenoxy) is 2. The van der Waals surface area contributed by atoms with Gasteiger partial charge in [-0.15, -0.1) is 0 Å². The third-order valence-electron chi connectivity index (χ3n) is 3.46. The number of halogens is 1. The van der Waals surface area contributed by atoms with Gasteiger partial charge in [-0.3, -0.25) is 4.79 Å². The fourth-order valence-electron chi connectivity index (χ4n) is 2.17. The summed E-state index contributed by atoms with van der Waals surface area (Å²) >= 11 is 0. The number of hydrogen-bond acceptors (Lipinski definition) is 4. The van der Waals surface area contributed by atoms with Crippen molar-refractivity contribution in [2.45, 2.75) is 13.0 Å². The zero-order valence-electron chi connectivity index (χ0n) is 13.8. The molecular formula is C18H21FN2O3. The second-order valence-electron chi connectivity index (χ2n) is 5.15. The van der Waals surface area contributed by atoms with Crippen molar-refractivity contribution in [3.8, 4) is 11.5 Å². The summed E-state index contributed by atoms with van der Waals surface area (Å²) < 4.78 is 23.2. The highest BCUT2D eigenvalue weighted by Crippen LogP contribution is 2.27. The van der Waals surface area contributed by atoms with Crippen LogP contribution in [0, 0.1) is 5.82 Å². The molecule has 0 aliphatic rings. The Balaban J connectivity index is 1.75. The molecule has 6 heteroatoms. The van der Waals surface area contributed by atoms with Crippen LogP contribution in [0.4, 0.5) is 10.1 Å². The molecule has 0 fully saturated rings. The van der Waals surface area contributed by atoms with E-state index in [0.29, 0.717) is 31.0 Å². The molecule has 128 valence electrons. The fraction of sp³-hybridized carbons (Fsp3) is 0.278. The Morgan fingerprint density at radius 3 is 2.42 bits per heavy atom. The smallest absolute Gasteiger partial charge is 0.222 e. The lowest BCUT2D eigenvalue weighted by atomic mass is 10.2. The van der Waals surface area contributed by atoms with Crippen molar-refractivity contribution < 1.29 is 18.7 Å². The summed E-state index contributed by atoms with van der Waals surface area (Å²) in [7, 11) is 3.15. The van der Waals surface area contributed by atoms with Crippen LogP contribution in [0.3, 0.4) is 0 Å². The number of carbonyl (C=O) groups excluding carboxylic acids is 1. The van der Waals surface area contributed by atoms with Gasteiger partial charge in [0.2, 0.25) is 5.91 Å². The number of hydrogen-bond donors (Lipinski definition) is 2. The molecule has 0 bridgehead atoms. The van der Waals surface area contributed by atoms with Crippen molar-refractivity contribution in [3.63, 3.8) is 0 Å². The Kier molecular flexibility index (Phi) is 6.42. The van der Waals surface area contributed by atoms with Crippen molar-refractivity contribution in [1.29, 1.82) is 0 Å². The van der Waals surface area contributed by atoms with Gasteiger partial charge in [0, 0.05) is 25.2 Å². The Morgan fingerprint density at radius 1 is 1.04 bits per heavy atom. The van der Waals surface area contributed by atoms with Gasteiger partial charge in [-0.25, -0.2) is 4.39 Å². The van der Waals surface area contributed by atoms with Crippen molar-refractivity contribution in [3.05, 3.63) is 53.8 Å². The minimum absolute atomic E-state index is 0.0700. The van der Waals surface area contributed by atoms with Gasteiger partial charge in [-0.2, -0.15) is 0 Å². The first-order valence-corrected chi connectivity index (χ1v) is 7.59. The van der Waals surface area contributed by atoms with E-state index in [0.717, 1.165) is 11.3 Å². The van der Waals surface area contributed by atoms with Crippen LogP contribution >= 0.6 is 0 Å². The maximum absolute atomic E-state index is 12.8. The highest BCUT2D eigenvalue weighted by atomic mass is 19.1. The van der Waals surface area contributed by atoms with E-state index in [-0.39, 0.29) is 11.7 Å². The van der Waals surface area contributed by atoms with Gasteiger partial charge in [0.15, 0.2) is 11.5 Å². The van der Waals surface area contributed by atoms with E-state index in [1.165, 1.54) is 12.1 Å². The van der Waals surface area contributed by atoms with E-state index in [1.807, 2.05) is 12.1 Å². The monoisotopic (exact) mass is 332 g/mol. The van der Waals surface area contributed by atoms with Gasteiger partial charge in [0.25, 0.3) is 0 Å². The quantitative estimate of drug-likeness (QED) is 0.780. The van der Waals surface area contributed by atoms with Gasteiger partial charge in [-0.1, -0.05) is 6.07 Å². The molecule has 2 aromatic rings. The average molecular weight is 332 g/mol. The highest BCUT2D eigenvalue weighted by molar-refractivity contribution is 5.76. The number of nitrogens with one attached hydrogen (secondary N) is 2. The lowest BCUT2D eigenvalue weighted by Crippen LogP contribution is -2.24. The molecule has 24 heavy (non-hydrogen) atoms. The molecule has 2 N–H and O–H groups in total. The second-order valence-corrected chi connectivity index (χ2v) is 5.15. The topological polar surface area (TPSA) is 59.6 Å². The lowest BCUT2D eigenvalue weighted by Gasteiger charge is -2.11. The van der Waals surface area contributed by atoms with Crippen LogP contribution in [0.2, 0.25) is 0 Å². The predicted molar refractivity (Wildman–Crippen MR) is 90.9 cm³/mol. The fourth-order valence-corrected chi connectivity index (χ4v) is 2.17. The Morgan fingerprint density at radius 2 is 1.75 bits per heavy atom. The van der Waals surface area contributed by atoms with Crippen LogP contribution in [-0.4, -0.2) is 26.7 Å². The molecule has 0 saturated carbocycles. The number of anilines is 1. The van der Waals surface area contributed by atoms with Gasteiger partial charge >= 0.3 is 0 Å². The minimum Gasteiger partial charge on any atom is -0.493 e. The standard InChI is InChI=1S/C18H21FN2O3/c1-23-16-8-3-13(11-17(16)24-2)12-21-18(22)9-10-20-15-6-4-14(19)5-7-15/h3-8,11,20H,9-10,12H2,1-2H3,(H,21,22). The van der Waals surface area contributed by atoms with Crippen molar-refractivity contribution >= 4 is 11.6 Å². The van der Waals surface area contributed by atoms with Gasteiger partial charge in [0.05, 0.1) is 14.2 Å². The van der Waals surface area contributed by atoms with Gasteiger partial charge in [0.1, 0.15) is 5.82 Å². The summed E-state index contributed by atoms with van der Waals surface area (Å²) in [4.78, 5) is 11.9. The lowest BCUT2D eigenvalue weighted by molar-refractivity contribution is -0.121. The Hall–Kier alpha value is -2.76. The summed E-state index contributed by atoms with van der Waals surface area (Å²) in [5, 5.41) is 5.92. The van der Waals surface area contributed by atoms with Crippen molar-refractivity contribution in [2.24, 2.45) is 0 Å². The average Bonchev–Trinajstić information content (AvgIpc) is 2.61. The maximum atomic E-state index is 12.8. The Labute approximate surface area is 140 Å². The molecule has 0 spiro atoms.